The van der Waals surface area contributed by atoms with Crippen LogP contribution in [0.15, 0.2) is 54.6 Å². The monoisotopic (exact) mass is 439 g/mol. The molecule has 10 heteroatoms. The number of aliphatic hydroxyl groups is 1. The van der Waals surface area contributed by atoms with Gasteiger partial charge >= 0.3 is 6.18 Å². The maximum absolute atomic E-state index is 13.1. The maximum Gasteiger partial charge on any atom is 0.435 e. The van der Waals surface area contributed by atoms with E-state index in [1.807, 2.05) is 0 Å². The van der Waals surface area contributed by atoms with Gasteiger partial charge in [0.2, 0.25) is 5.88 Å². The van der Waals surface area contributed by atoms with Gasteiger partial charge in [0.25, 0.3) is 5.91 Å². The van der Waals surface area contributed by atoms with Crippen molar-refractivity contribution in [3.05, 3.63) is 70.9 Å². The van der Waals surface area contributed by atoms with Crippen LogP contribution in [0, 0.1) is 0 Å². The van der Waals surface area contributed by atoms with E-state index in [4.69, 9.17) is 21.4 Å². The number of ether oxygens (including phenoxy) is 1. The summed E-state index contributed by atoms with van der Waals surface area (Å²) >= 11 is 6.07. The number of carbonyl (C=O) groups is 1. The highest BCUT2D eigenvalue weighted by molar-refractivity contribution is 6.32. The second-order valence-electron chi connectivity index (χ2n) is 6.24. The van der Waals surface area contributed by atoms with E-state index in [2.05, 4.69) is 10.4 Å². The van der Waals surface area contributed by atoms with Gasteiger partial charge in [0.05, 0.1) is 10.7 Å². The minimum absolute atomic E-state index is 0.0125. The standard InChI is InChI=1S/C20H17ClF3N3O3/c21-15-3-1-2-4-16(15)27-19(11-17(26-27)20(22,23)24)30-12-18(29)25-14-7-5-13(6-8-14)9-10-28/h1-8,11,28H,9-10,12H2,(H,25,29). The van der Waals surface area contributed by atoms with Crippen LogP contribution in [-0.2, 0) is 17.4 Å². The SMILES string of the molecule is O=C(COc1cc(C(F)(F)F)nn1-c1ccccc1Cl)Nc1ccc(CCO)cc1. The van der Waals surface area contributed by atoms with Gasteiger partial charge in [-0.15, -0.1) is 0 Å². The highest BCUT2D eigenvalue weighted by atomic mass is 35.5. The van der Waals surface area contributed by atoms with E-state index in [0.29, 0.717) is 18.2 Å². The summed E-state index contributed by atoms with van der Waals surface area (Å²) in [6.07, 6.45) is -4.20. The van der Waals surface area contributed by atoms with Crippen molar-refractivity contribution >= 4 is 23.2 Å². The molecule has 0 aliphatic carbocycles. The first-order chi connectivity index (χ1) is 14.3. The van der Waals surface area contributed by atoms with Crippen molar-refractivity contribution in [1.82, 2.24) is 9.78 Å². The van der Waals surface area contributed by atoms with Crippen LogP contribution in [0.5, 0.6) is 5.88 Å². The summed E-state index contributed by atoms with van der Waals surface area (Å²) in [5.74, 6) is -0.839. The summed E-state index contributed by atoms with van der Waals surface area (Å²) in [6, 6.07) is 13.7. The van der Waals surface area contributed by atoms with Gasteiger partial charge in [-0.05, 0) is 36.2 Å². The molecule has 3 rings (SSSR count). The Balaban J connectivity index is 1.74. The first-order valence-electron chi connectivity index (χ1n) is 8.82. The minimum atomic E-state index is -4.69. The van der Waals surface area contributed by atoms with Gasteiger partial charge in [0.1, 0.15) is 0 Å². The topological polar surface area (TPSA) is 76.4 Å². The van der Waals surface area contributed by atoms with E-state index in [-0.39, 0.29) is 23.2 Å². The number of para-hydroxylation sites is 1. The predicted molar refractivity (Wildman–Crippen MR) is 105 cm³/mol. The number of hydrogen-bond acceptors (Lipinski definition) is 4. The summed E-state index contributed by atoms with van der Waals surface area (Å²) in [6.45, 7) is -0.523. The predicted octanol–water partition coefficient (Wildman–Crippen LogP) is 4.10. The van der Waals surface area contributed by atoms with Crippen LogP contribution in [0.3, 0.4) is 0 Å². The molecule has 30 heavy (non-hydrogen) atoms. The number of rotatable bonds is 7. The fourth-order valence-corrected chi connectivity index (χ4v) is 2.84. The quantitative estimate of drug-likeness (QED) is 0.581. The summed E-state index contributed by atoms with van der Waals surface area (Å²) in [5.41, 5.74) is 0.401. The Morgan fingerprint density at radius 2 is 1.87 bits per heavy atom. The van der Waals surface area contributed by atoms with E-state index in [1.165, 1.54) is 12.1 Å². The van der Waals surface area contributed by atoms with Crippen molar-refractivity contribution < 1.29 is 27.8 Å². The number of benzene rings is 2. The Bertz CT molecular complexity index is 1020. The lowest BCUT2D eigenvalue weighted by Crippen LogP contribution is -2.21. The molecule has 0 aliphatic heterocycles. The van der Waals surface area contributed by atoms with E-state index < -0.39 is 24.4 Å². The number of aliphatic hydroxyl groups excluding tert-OH is 1. The van der Waals surface area contributed by atoms with Gasteiger partial charge in [-0.1, -0.05) is 35.9 Å². The van der Waals surface area contributed by atoms with Crippen LogP contribution < -0.4 is 10.1 Å². The van der Waals surface area contributed by atoms with Crippen LogP contribution in [0.2, 0.25) is 5.02 Å². The van der Waals surface area contributed by atoms with Crippen LogP contribution in [0.25, 0.3) is 5.69 Å². The first-order valence-corrected chi connectivity index (χ1v) is 9.20. The molecular weight excluding hydrogens is 423 g/mol. The van der Waals surface area contributed by atoms with Crippen molar-refractivity contribution in [2.75, 3.05) is 18.5 Å². The number of nitrogens with one attached hydrogen (secondary N) is 1. The molecule has 1 aromatic heterocycles. The van der Waals surface area contributed by atoms with E-state index in [9.17, 15) is 18.0 Å². The molecule has 0 bridgehead atoms. The Kier molecular flexibility index (Phi) is 6.63. The van der Waals surface area contributed by atoms with Gasteiger partial charge in [0, 0.05) is 18.4 Å². The summed E-state index contributed by atoms with van der Waals surface area (Å²) in [7, 11) is 0. The number of halogens is 4. The fourth-order valence-electron chi connectivity index (χ4n) is 2.62. The molecular formula is C20H17ClF3N3O3. The summed E-state index contributed by atoms with van der Waals surface area (Å²) in [4.78, 5) is 12.2. The zero-order chi connectivity index (χ0) is 21.7. The molecule has 0 saturated heterocycles. The number of carbonyl (C=O) groups excluding carboxylic acids is 1. The number of anilines is 1. The van der Waals surface area contributed by atoms with Crippen LogP contribution in [-0.4, -0.2) is 34.0 Å². The third kappa shape index (κ3) is 5.31. The van der Waals surface area contributed by atoms with E-state index in [0.717, 1.165) is 10.2 Å². The number of alkyl halides is 3. The zero-order valence-corrected chi connectivity index (χ0v) is 16.2. The fraction of sp³-hybridized carbons (Fsp3) is 0.200. The molecule has 1 heterocycles. The molecule has 2 aromatic carbocycles. The highest BCUT2D eigenvalue weighted by Crippen LogP contribution is 2.33. The number of amides is 1. The van der Waals surface area contributed by atoms with Gasteiger partial charge in [-0.25, -0.2) is 0 Å². The average molecular weight is 440 g/mol. The molecule has 158 valence electrons. The van der Waals surface area contributed by atoms with E-state index in [1.54, 1.807) is 36.4 Å². The molecule has 0 spiro atoms. The molecule has 0 saturated carbocycles. The lowest BCUT2D eigenvalue weighted by atomic mass is 10.1. The Morgan fingerprint density at radius 3 is 2.50 bits per heavy atom. The van der Waals surface area contributed by atoms with Gasteiger partial charge in [0.15, 0.2) is 12.3 Å². The lowest BCUT2D eigenvalue weighted by Gasteiger charge is -2.11. The molecule has 3 aromatic rings. The second kappa shape index (κ2) is 9.19. The number of aromatic nitrogens is 2. The molecule has 2 N–H and O–H groups in total. The molecule has 0 unspecified atom stereocenters. The van der Waals surface area contributed by atoms with Crippen molar-refractivity contribution in [2.45, 2.75) is 12.6 Å². The average Bonchev–Trinajstić information content (AvgIpc) is 3.13. The Labute approximate surface area is 174 Å². The molecule has 1 amide bonds. The molecule has 0 atom stereocenters. The van der Waals surface area contributed by atoms with Gasteiger partial charge < -0.3 is 15.2 Å². The Hall–Kier alpha value is -3.04. The second-order valence-corrected chi connectivity index (χ2v) is 6.64. The molecule has 0 fully saturated rings. The van der Waals surface area contributed by atoms with E-state index >= 15 is 0 Å². The number of hydrogen-bond donors (Lipinski definition) is 2. The minimum Gasteiger partial charge on any atom is -0.467 e. The Morgan fingerprint density at radius 1 is 1.17 bits per heavy atom. The largest absolute Gasteiger partial charge is 0.467 e. The smallest absolute Gasteiger partial charge is 0.435 e. The van der Waals surface area contributed by atoms with Crippen LogP contribution in [0.4, 0.5) is 18.9 Å². The molecule has 6 nitrogen and oxygen atoms in total. The lowest BCUT2D eigenvalue weighted by molar-refractivity contribution is -0.141. The maximum atomic E-state index is 13.1. The summed E-state index contributed by atoms with van der Waals surface area (Å²) < 4.78 is 45.6. The van der Waals surface area contributed by atoms with Crippen molar-refractivity contribution in [3.8, 4) is 11.6 Å². The van der Waals surface area contributed by atoms with Crippen LogP contribution >= 0.6 is 11.6 Å². The van der Waals surface area contributed by atoms with Gasteiger partial charge in [-0.3, -0.25) is 4.79 Å². The first kappa shape index (κ1) is 21.7. The third-order valence-corrected chi connectivity index (χ3v) is 4.36. The van der Waals surface area contributed by atoms with Crippen molar-refractivity contribution in [1.29, 1.82) is 0 Å². The third-order valence-electron chi connectivity index (χ3n) is 4.04. The van der Waals surface area contributed by atoms with Crippen molar-refractivity contribution in [2.24, 2.45) is 0 Å². The van der Waals surface area contributed by atoms with Gasteiger partial charge in [-0.2, -0.15) is 23.0 Å². The normalized spacial score (nSPS) is 11.4. The molecule has 0 aliphatic rings. The van der Waals surface area contributed by atoms with Crippen LogP contribution in [0.1, 0.15) is 11.3 Å². The zero-order valence-electron chi connectivity index (χ0n) is 15.5. The van der Waals surface area contributed by atoms with Crippen molar-refractivity contribution in [3.63, 3.8) is 0 Å². The number of nitrogens with zero attached hydrogens (tertiary/aromatic N) is 2. The highest BCUT2D eigenvalue weighted by Gasteiger charge is 2.36. The molecule has 0 radical (unpaired) electrons. The summed E-state index contributed by atoms with van der Waals surface area (Å²) in [5, 5.41) is 15.2.